The summed E-state index contributed by atoms with van der Waals surface area (Å²) in [6, 6.07) is 0. The Morgan fingerprint density at radius 1 is 1.33 bits per heavy atom. The predicted molar refractivity (Wildman–Crippen MR) is 50.8 cm³/mol. The first kappa shape index (κ1) is 7.40. The van der Waals surface area contributed by atoms with Crippen LogP contribution in [0.4, 0.5) is 0 Å². The molecule has 0 saturated heterocycles. The van der Waals surface area contributed by atoms with Crippen LogP contribution < -0.4 is 0 Å². The fourth-order valence-electron chi connectivity index (χ4n) is 1.39. The Kier molecular flexibility index (Phi) is 1.46. The van der Waals surface area contributed by atoms with E-state index < -0.39 is 0 Å². The smallest absolute Gasteiger partial charge is 0.0513 e. The van der Waals surface area contributed by atoms with Gasteiger partial charge in [0.05, 0.1) is 6.21 Å². The van der Waals surface area contributed by atoms with Crippen LogP contribution in [0.2, 0.25) is 0 Å². The molecule has 0 spiro atoms. The van der Waals surface area contributed by atoms with Crippen LogP contribution in [0.5, 0.6) is 0 Å². The third kappa shape index (κ3) is 0.932. The number of hydrogen-bond acceptors (Lipinski definition) is 3. The zero-order chi connectivity index (χ0) is 8.60. The van der Waals surface area contributed by atoms with Crippen molar-refractivity contribution in [3.63, 3.8) is 0 Å². The van der Waals surface area contributed by atoms with E-state index in [1.165, 1.54) is 0 Å². The molecule has 0 amide bonds. The summed E-state index contributed by atoms with van der Waals surface area (Å²) in [4.78, 5) is 4.32. The lowest BCUT2D eigenvalue weighted by atomic mass is 9.81. The Balaban J connectivity index is 2.51. The number of allylic oxidation sites excluding steroid dienone is 2. The van der Waals surface area contributed by atoms with Crippen LogP contribution in [0.1, 0.15) is 13.8 Å². The number of hydrogen-bond donors (Lipinski definition) is 0. The normalized spacial score (nSPS) is 40.5. The Bertz CT molecular complexity index is 312. The third-order valence-electron chi connectivity index (χ3n) is 2.58. The summed E-state index contributed by atoms with van der Waals surface area (Å²) >= 11 is 0. The van der Waals surface area contributed by atoms with E-state index in [9.17, 15) is 0 Å². The number of nitrogens with zero attached hydrogens (tertiary/aromatic N) is 3. The van der Waals surface area contributed by atoms with Crippen LogP contribution in [-0.4, -0.2) is 18.6 Å². The molecule has 0 saturated carbocycles. The van der Waals surface area contributed by atoms with Crippen molar-refractivity contribution >= 4 is 18.6 Å². The van der Waals surface area contributed by atoms with Crippen LogP contribution in [0.25, 0.3) is 0 Å². The highest BCUT2D eigenvalue weighted by Gasteiger charge is 2.35. The Morgan fingerprint density at radius 3 is 3.00 bits per heavy atom. The van der Waals surface area contributed by atoms with E-state index >= 15 is 0 Å². The summed E-state index contributed by atoms with van der Waals surface area (Å²) in [7, 11) is 0. The Labute approximate surface area is 71.6 Å². The van der Waals surface area contributed by atoms with E-state index in [0.29, 0.717) is 5.92 Å². The average Bonchev–Trinajstić information content (AvgIpc) is 2.36. The SMILES string of the molecule is CC1C2=C/C=N\N=CC1(C)C=N2. The molecule has 0 aromatic heterocycles. The molecule has 0 fully saturated rings. The second-order valence-electron chi connectivity index (χ2n) is 3.45. The molecule has 62 valence electrons. The molecule has 0 aliphatic carbocycles. The fourth-order valence-corrected chi connectivity index (χ4v) is 1.39. The van der Waals surface area contributed by atoms with E-state index in [0.717, 1.165) is 5.70 Å². The highest BCUT2D eigenvalue weighted by Crippen LogP contribution is 2.35. The van der Waals surface area contributed by atoms with Gasteiger partial charge in [-0.15, -0.1) is 0 Å². The molecule has 2 atom stereocenters. The minimum atomic E-state index is -0.0381. The van der Waals surface area contributed by atoms with Gasteiger partial charge in [-0.2, -0.15) is 10.2 Å². The largest absolute Gasteiger partial charge is 0.264 e. The second kappa shape index (κ2) is 2.37. The number of rotatable bonds is 0. The first-order chi connectivity index (χ1) is 5.72. The summed E-state index contributed by atoms with van der Waals surface area (Å²) in [5, 5.41) is 7.78. The lowest BCUT2D eigenvalue weighted by Crippen LogP contribution is -2.25. The summed E-state index contributed by atoms with van der Waals surface area (Å²) in [5.74, 6) is 0.410. The molecule has 2 aliphatic rings. The van der Waals surface area contributed by atoms with E-state index in [-0.39, 0.29) is 5.41 Å². The molecule has 0 aromatic rings. The summed E-state index contributed by atoms with van der Waals surface area (Å²) in [6.07, 6.45) is 7.41. The molecule has 0 aromatic carbocycles. The van der Waals surface area contributed by atoms with Crippen molar-refractivity contribution in [2.75, 3.05) is 0 Å². The molecule has 0 radical (unpaired) electrons. The van der Waals surface area contributed by atoms with Crippen molar-refractivity contribution in [3.05, 3.63) is 11.8 Å². The first-order valence-corrected chi connectivity index (χ1v) is 4.05. The molecule has 2 bridgehead atoms. The molecular formula is C9H11N3. The molecule has 3 nitrogen and oxygen atoms in total. The molecule has 0 N–H and O–H groups in total. The van der Waals surface area contributed by atoms with Gasteiger partial charge in [0.1, 0.15) is 0 Å². The average molecular weight is 161 g/mol. The van der Waals surface area contributed by atoms with Crippen molar-refractivity contribution in [1.29, 1.82) is 0 Å². The van der Waals surface area contributed by atoms with Gasteiger partial charge < -0.3 is 0 Å². The maximum Gasteiger partial charge on any atom is 0.0513 e. The van der Waals surface area contributed by atoms with E-state index in [1.807, 2.05) is 18.5 Å². The summed E-state index contributed by atoms with van der Waals surface area (Å²) < 4.78 is 0. The zero-order valence-corrected chi connectivity index (χ0v) is 7.23. The van der Waals surface area contributed by atoms with Gasteiger partial charge in [0.15, 0.2) is 0 Å². The molecule has 2 aliphatic heterocycles. The number of fused-ring (bicyclic) bond motifs is 2. The highest BCUT2D eigenvalue weighted by atomic mass is 15.2. The summed E-state index contributed by atoms with van der Waals surface area (Å²) in [5.41, 5.74) is 1.05. The van der Waals surface area contributed by atoms with Crippen LogP contribution in [0.3, 0.4) is 0 Å². The van der Waals surface area contributed by atoms with Gasteiger partial charge >= 0.3 is 0 Å². The minimum absolute atomic E-state index is 0.0381. The van der Waals surface area contributed by atoms with Gasteiger partial charge in [-0.3, -0.25) is 4.99 Å². The summed E-state index contributed by atoms with van der Waals surface area (Å²) in [6.45, 7) is 4.27. The van der Waals surface area contributed by atoms with Crippen molar-refractivity contribution in [2.24, 2.45) is 26.5 Å². The topological polar surface area (TPSA) is 37.1 Å². The lowest BCUT2D eigenvalue weighted by Gasteiger charge is -2.21. The molecule has 2 heterocycles. The van der Waals surface area contributed by atoms with Crippen molar-refractivity contribution in [3.8, 4) is 0 Å². The van der Waals surface area contributed by atoms with Gasteiger partial charge in [-0.05, 0) is 13.0 Å². The van der Waals surface area contributed by atoms with Crippen LogP contribution in [-0.2, 0) is 0 Å². The van der Waals surface area contributed by atoms with Crippen LogP contribution in [0.15, 0.2) is 27.0 Å². The van der Waals surface area contributed by atoms with Crippen molar-refractivity contribution < 1.29 is 0 Å². The molecule has 2 unspecified atom stereocenters. The van der Waals surface area contributed by atoms with Gasteiger partial charge in [0.25, 0.3) is 0 Å². The van der Waals surface area contributed by atoms with Crippen molar-refractivity contribution in [2.45, 2.75) is 13.8 Å². The third-order valence-corrected chi connectivity index (χ3v) is 2.58. The van der Waals surface area contributed by atoms with Gasteiger partial charge in [0, 0.05) is 29.5 Å². The maximum absolute atomic E-state index is 4.32. The minimum Gasteiger partial charge on any atom is -0.264 e. The van der Waals surface area contributed by atoms with Gasteiger partial charge in [0.2, 0.25) is 0 Å². The molecule has 2 rings (SSSR count). The van der Waals surface area contributed by atoms with Crippen LogP contribution >= 0.6 is 0 Å². The molecular weight excluding hydrogens is 150 g/mol. The van der Waals surface area contributed by atoms with Crippen LogP contribution in [0, 0.1) is 11.3 Å². The lowest BCUT2D eigenvalue weighted by molar-refractivity contribution is 0.509. The molecule has 12 heavy (non-hydrogen) atoms. The van der Waals surface area contributed by atoms with Gasteiger partial charge in [-0.25, -0.2) is 0 Å². The molecule has 3 heteroatoms. The quantitative estimate of drug-likeness (QED) is 0.518. The van der Waals surface area contributed by atoms with Crippen molar-refractivity contribution in [1.82, 2.24) is 0 Å². The Morgan fingerprint density at radius 2 is 2.17 bits per heavy atom. The zero-order valence-electron chi connectivity index (χ0n) is 7.23. The fraction of sp³-hybridized carbons (Fsp3) is 0.444. The van der Waals surface area contributed by atoms with E-state index in [2.05, 4.69) is 29.0 Å². The monoisotopic (exact) mass is 161 g/mol. The van der Waals surface area contributed by atoms with E-state index in [4.69, 9.17) is 0 Å². The maximum atomic E-state index is 4.32. The predicted octanol–water partition coefficient (Wildman–Crippen LogP) is 1.67. The number of aliphatic imine (C=N–C) groups is 1. The van der Waals surface area contributed by atoms with Gasteiger partial charge in [-0.1, -0.05) is 6.92 Å². The van der Waals surface area contributed by atoms with E-state index in [1.54, 1.807) is 6.21 Å². The second-order valence-corrected chi connectivity index (χ2v) is 3.45. The Hall–Kier alpha value is -1.25. The first-order valence-electron chi connectivity index (χ1n) is 4.05. The standard InChI is InChI=1S/C9H11N3/c1-7-8-3-4-11-12-6-9(7,2)5-10-8/h3-7H,1-2H3/b8-3?,11-4-,12-6?. The highest BCUT2D eigenvalue weighted by molar-refractivity contribution is 5.93.